The highest BCUT2D eigenvalue weighted by atomic mass is 32.2. The number of fused-ring (bicyclic) bond motifs is 1. The number of nitrogens with zero attached hydrogens (tertiary/aromatic N) is 6. The van der Waals surface area contributed by atoms with Gasteiger partial charge >= 0.3 is 0 Å². The van der Waals surface area contributed by atoms with Crippen LogP contribution in [0, 0.1) is 13.8 Å². The number of aryl methyl sites for hydroxylation is 3. The molecule has 0 saturated heterocycles. The van der Waals surface area contributed by atoms with Gasteiger partial charge < -0.3 is 4.52 Å². The van der Waals surface area contributed by atoms with Gasteiger partial charge in [-0.05, 0) is 13.8 Å². The largest absolute Gasteiger partial charge is 0.332 e. The smallest absolute Gasteiger partial charge is 0.279 e. The molecule has 10 nitrogen and oxygen atoms in total. The van der Waals surface area contributed by atoms with Crippen molar-refractivity contribution in [1.29, 1.82) is 0 Å². The summed E-state index contributed by atoms with van der Waals surface area (Å²) in [5.74, 6) is 0.727. The summed E-state index contributed by atoms with van der Waals surface area (Å²) in [6.07, 6.45) is 0.535. The molecule has 1 N–H and O–H groups in total. The minimum absolute atomic E-state index is 0.175. The van der Waals surface area contributed by atoms with E-state index in [1.807, 2.05) is 37.4 Å². The Kier molecular flexibility index (Phi) is 4.52. The molecular formula is C20H21N7O3S. The third-order valence-electron chi connectivity index (χ3n) is 5.53. The van der Waals surface area contributed by atoms with Crippen LogP contribution < -0.4 is 0 Å². The molecule has 0 unspecified atom stereocenters. The van der Waals surface area contributed by atoms with Gasteiger partial charge in [0.25, 0.3) is 5.89 Å². The van der Waals surface area contributed by atoms with Crippen molar-refractivity contribution in [2.45, 2.75) is 31.7 Å². The van der Waals surface area contributed by atoms with Crippen LogP contribution in [0.4, 0.5) is 0 Å². The highest BCUT2D eigenvalue weighted by molar-refractivity contribution is 7.89. The maximum atomic E-state index is 13.3. The lowest BCUT2D eigenvalue weighted by Crippen LogP contribution is -2.36. The van der Waals surface area contributed by atoms with Crippen LogP contribution in [0.1, 0.15) is 22.6 Å². The number of nitrogens with one attached hydrogen (secondary N) is 1. The van der Waals surface area contributed by atoms with Crippen LogP contribution >= 0.6 is 0 Å². The number of H-pyrrole nitrogens is 1. The standard InChI is InChI=1S/C20H21N7O3S/c1-12-18(13(2)23-22-12)31(28,29)27-10-9-16-15(11-27)17(24-26(16)3)20-21-19(25-30-20)14-7-5-4-6-8-14/h4-8H,9-11H2,1-3H3,(H,22,23). The fourth-order valence-corrected chi connectivity index (χ4v) is 5.76. The van der Waals surface area contributed by atoms with Crippen molar-refractivity contribution in [3.63, 3.8) is 0 Å². The summed E-state index contributed by atoms with van der Waals surface area (Å²) >= 11 is 0. The van der Waals surface area contributed by atoms with Crippen molar-refractivity contribution in [2.75, 3.05) is 6.54 Å². The molecule has 0 fully saturated rings. The molecule has 11 heteroatoms. The van der Waals surface area contributed by atoms with Crippen molar-refractivity contribution < 1.29 is 12.9 Å². The van der Waals surface area contributed by atoms with Crippen LogP contribution in [0.2, 0.25) is 0 Å². The SMILES string of the molecule is Cc1n[nH]c(C)c1S(=O)(=O)N1CCc2c(c(-c3nc(-c4ccccc4)no3)nn2C)C1. The fourth-order valence-electron chi connectivity index (χ4n) is 4.02. The molecule has 4 heterocycles. The summed E-state index contributed by atoms with van der Waals surface area (Å²) in [5, 5.41) is 15.4. The first-order valence-electron chi connectivity index (χ1n) is 9.82. The quantitative estimate of drug-likeness (QED) is 0.517. The Bertz CT molecular complexity index is 1350. The van der Waals surface area contributed by atoms with Crippen LogP contribution in [0.3, 0.4) is 0 Å². The molecule has 0 amide bonds. The molecule has 3 aromatic heterocycles. The van der Waals surface area contributed by atoms with Crippen LogP contribution in [0.25, 0.3) is 23.0 Å². The fraction of sp³-hybridized carbons (Fsp3) is 0.300. The van der Waals surface area contributed by atoms with Crippen LogP contribution in [-0.4, -0.2) is 49.4 Å². The van der Waals surface area contributed by atoms with Crippen LogP contribution in [-0.2, 0) is 30.0 Å². The van der Waals surface area contributed by atoms with Gasteiger partial charge in [0.05, 0.1) is 11.4 Å². The van der Waals surface area contributed by atoms with Gasteiger partial charge in [0, 0.05) is 43.4 Å². The normalized spacial score (nSPS) is 14.7. The second-order valence-corrected chi connectivity index (χ2v) is 9.41. The maximum Gasteiger partial charge on any atom is 0.279 e. The zero-order chi connectivity index (χ0) is 21.8. The number of hydrogen-bond donors (Lipinski definition) is 1. The van der Waals surface area contributed by atoms with E-state index < -0.39 is 10.0 Å². The van der Waals surface area contributed by atoms with Gasteiger partial charge in [0.1, 0.15) is 4.90 Å². The van der Waals surface area contributed by atoms with Crippen LogP contribution in [0.5, 0.6) is 0 Å². The molecule has 1 aliphatic heterocycles. The van der Waals surface area contributed by atoms with E-state index in [1.165, 1.54) is 4.31 Å². The number of aromatic amines is 1. The van der Waals surface area contributed by atoms with Crippen LogP contribution in [0.15, 0.2) is 39.8 Å². The molecule has 5 rings (SSSR count). The van der Waals surface area contributed by atoms with Gasteiger partial charge in [-0.1, -0.05) is 35.5 Å². The predicted octanol–water partition coefficient (Wildman–Crippen LogP) is 2.22. The van der Waals surface area contributed by atoms with Gasteiger partial charge in [0.2, 0.25) is 15.8 Å². The molecular weight excluding hydrogens is 418 g/mol. The maximum absolute atomic E-state index is 13.3. The lowest BCUT2D eigenvalue weighted by atomic mass is 10.1. The van der Waals surface area contributed by atoms with E-state index in [2.05, 4.69) is 25.4 Å². The average molecular weight is 440 g/mol. The number of benzene rings is 1. The monoisotopic (exact) mass is 439 g/mol. The molecule has 160 valence electrons. The molecule has 1 aliphatic rings. The Morgan fingerprint density at radius 3 is 2.65 bits per heavy atom. The molecule has 4 aromatic rings. The topological polar surface area (TPSA) is 123 Å². The molecule has 0 atom stereocenters. The number of hydrogen-bond acceptors (Lipinski definition) is 7. The summed E-state index contributed by atoms with van der Waals surface area (Å²) in [4.78, 5) is 4.73. The van der Waals surface area contributed by atoms with E-state index in [4.69, 9.17) is 4.52 Å². The molecule has 0 radical (unpaired) electrons. The highest BCUT2D eigenvalue weighted by Gasteiger charge is 2.35. The Morgan fingerprint density at radius 1 is 1.16 bits per heavy atom. The first kappa shape index (κ1) is 19.6. The van der Waals surface area contributed by atoms with E-state index in [0.29, 0.717) is 35.9 Å². The number of rotatable bonds is 4. The summed E-state index contributed by atoms with van der Waals surface area (Å²) in [5.41, 5.74) is 4.06. The number of aromatic nitrogens is 6. The van der Waals surface area contributed by atoms with E-state index in [1.54, 1.807) is 18.5 Å². The number of sulfonamides is 1. The van der Waals surface area contributed by atoms with E-state index in [9.17, 15) is 8.42 Å². The summed E-state index contributed by atoms with van der Waals surface area (Å²) < 4.78 is 35.4. The Labute approximate surface area is 178 Å². The zero-order valence-corrected chi connectivity index (χ0v) is 18.1. The van der Waals surface area contributed by atoms with Gasteiger partial charge in [-0.2, -0.15) is 19.5 Å². The summed E-state index contributed by atoms with van der Waals surface area (Å²) in [6, 6.07) is 9.50. The molecule has 31 heavy (non-hydrogen) atoms. The van der Waals surface area contributed by atoms with Gasteiger partial charge in [0.15, 0.2) is 5.69 Å². The second-order valence-electron chi connectivity index (χ2n) is 7.54. The second kappa shape index (κ2) is 7.13. The van der Waals surface area contributed by atoms with Crippen molar-refractivity contribution in [3.8, 4) is 23.0 Å². The molecule has 0 aliphatic carbocycles. The van der Waals surface area contributed by atoms with E-state index >= 15 is 0 Å². The average Bonchev–Trinajstić information content (AvgIpc) is 3.46. The van der Waals surface area contributed by atoms with Crippen molar-refractivity contribution in [3.05, 3.63) is 53.0 Å². The molecule has 1 aromatic carbocycles. The molecule has 0 saturated carbocycles. The van der Waals surface area contributed by atoms with Crippen molar-refractivity contribution in [1.82, 2.24) is 34.4 Å². The third kappa shape index (κ3) is 3.17. The highest BCUT2D eigenvalue weighted by Crippen LogP contribution is 2.33. The third-order valence-corrected chi connectivity index (χ3v) is 7.64. The Morgan fingerprint density at radius 2 is 1.94 bits per heavy atom. The molecule has 0 spiro atoms. The van der Waals surface area contributed by atoms with Gasteiger partial charge in [-0.3, -0.25) is 9.78 Å². The predicted molar refractivity (Wildman–Crippen MR) is 111 cm³/mol. The van der Waals surface area contributed by atoms with E-state index in [-0.39, 0.29) is 17.3 Å². The first-order valence-corrected chi connectivity index (χ1v) is 11.3. The minimum atomic E-state index is -3.71. The van der Waals surface area contributed by atoms with Gasteiger partial charge in [-0.15, -0.1) is 0 Å². The summed E-state index contributed by atoms with van der Waals surface area (Å²) in [7, 11) is -1.88. The molecule has 0 bridgehead atoms. The Hall–Kier alpha value is -3.31. The lowest BCUT2D eigenvalue weighted by Gasteiger charge is -2.26. The Balaban J connectivity index is 1.52. The minimum Gasteiger partial charge on any atom is -0.332 e. The van der Waals surface area contributed by atoms with Crippen molar-refractivity contribution in [2.24, 2.45) is 7.05 Å². The van der Waals surface area contributed by atoms with Gasteiger partial charge in [-0.25, -0.2) is 8.42 Å². The first-order chi connectivity index (χ1) is 14.9. The summed E-state index contributed by atoms with van der Waals surface area (Å²) in [6.45, 7) is 3.93. The van der Waals surface area contributed by atoms with Crippen molar-refractivity contribution >= 4 is 10.0 Å². The zero-order valence-electron chi connectivity index (χ0n) is 17.3. The van der Waals surface area contributed by atoms with E-state index in [0.717, 1.165) is 16.8 Å². The lowest BCUT2D eigenvalue weighted by molar-refractivity contribution is 0.384.